The van der Waals surface area contributed by atoms with E-state index in [2.05, 4.69) is 67.3 Å². The van der Waals surface area contributed by atoms with E-state index in [1.807, 2.05) is 11.0 Å². The SMILES string of the molecule is CC(C)c1cccc(N2CCN(C(=O)c3ccco3)CC2c2ccccc2)c1. The van der Waals surface area contributed by atoms with E-state index in [4.69, 9.17) is 4.42 Å². The third-order valence-electron chi connectivity index (χ3n) is 5.45. The van der Waals surface area contributed by atoms with Crippen molar-refractivity contribution < 1.29 is 9.21 Å². The summed E-state index contributed by atoms with van der Waals surface area (Å²) in [5.41, 5.74) is 3.76. The molecule has 1 atom stereocenters. The van der Waals surface area contributed by atoms with Gasteiger partial charge in [0.25, 0.3) is 5.91 Å². The summed E-state index contributed by atoms with van der Waals surface area (Å²) in [5, 5.41) is 0. The molecular formula is C24H26N2O2. The number of hydrogen-bond donors (Lipinski definition) is 0. The molecule has 1 saturated heterocycles. The highest BCUT2D eigenvalue weighted by Crippen LogP contribution is 2.32. The Kier molecular flexibility index (Phi) is 5.20. The zero-order valence-corrected chi connectivity index (χ0v) is 16.4. The molecule has 4 nitrogen and oxygen atoms in total. The van der Waals surface area contributed by atoms with Crippen LogP contribution in [0, 0.1) is 0 Å². The molecule has 4 heteroatoms. The van der Waals surface area contributed by atoms with Crippen molar-refractivity contribution in [2.45, 2.75) is 25.8 Å². The number of amides is 1. The Morgan fingerprint density at radius 3 is 2.54 bits per heavy atom. The zero-order valence-electron chi connectivity index (χ0n) is 16.4. The van der Waals surface area contributed by atoms with Gasteiger partial charge in [-0.25, -0.2) is 0 Å². The van der Waals surface area contributed by atoms with Gasteiger partial charge in [0.2, 0.25) is 0 Å². The van der Waals surface area contributed by atoms with Gasteiger partial charge in [0, 0.05) is 25.3 Å². The van der Waals surface area contributed by atoms with Crippen molar-refractivity contribution in [1.82, 2.24) is 4.90 Å². The average molecular weight is 374 g/mol. The Hall–Kier alpha value is -3.01. The quantitative estimate of drug-likeness (QED) is 0.637. The van der Waals surface area contributed by atoms with Crippen molar-refractivity contribution in [2.24, 2.45) is 0 Å². The molecule has 144 valence electrons. The molecule has 1 aliphatic rings. The summed E-state index contributed by atoms with van der Waals surface area (Å²) >= 11 is 0. The predicted octanol–water partition coefficient (Wildman–Crippen LogP) is 5.11. The standard InChI is InChI=1S/C24H26N2O2/c1-18(2)20-10-6-11-21(16-20)26-14-13-25(24(27)23-12-7-15-28-23)17-22(26)19-8-4-3-5-9-19/h3-12,15-16,18,22H,13-14,17H2,1-2H3. The molecule has 3 aromatic rings. The van der Waals surface area contributed by atoms with Crippen LogP contribution in [0.15, 0.2) is 77.4 Å². The Balaban J connectivity index is 1.65. The number of hydrogen-bond acceptors (Lipinski definition) is 3. The van der Waals surface area contributed by atoms with Gasteiger partial charge in [-0.05, 0) is 41.3 Å². The van der Waals surface area contributed by atoms with Gasteiger partial charge in [-0.2, -0.15) is 0 Å². The topological polar surface area (TPSA) is 36.7 Å². The average Bonchev–Trinajstić information content (AvgIpc) is 3.28. The van der Waals surface area contributed by atoms with Crippen LogP contribution in [-0.4, -0.2) is 30.4 Å². The predicted molar refractivity (Wildman–Crippen MR) is 112 cm³/mol. The van der Waals surface area contributed by atoms with Gasteiger partial charge in [-0.1, -0.05) is 56.3 Å². The third kappa shape index (κ3) is 3.68. The third-order valence-corrected chi connectivity index (χ3v) is 5.45. The normalized spacial score (nSPS) is 17.2. The van der Waals surface area contributed by atoms with Crippen molar-refractivity contribution in [3.05, 3.63) is 89.9 Å². The summed E-state index contributed by atoms with van der Waals surface area (Å²) in [6.07, 6.45) is 1.55. The number of piperazine rings is 1. The fraction of sp³-hybridized carbons (Fsp3) is 0.292. The second-order valence-corrected chi connectivity index (χ2v) is 7.60. The molecule has 1 amide bonds. The van der Waals surface area contributed by atoms with E-state index >= 15 is 0 Å². The zero-order chi connectivity index (χ0) is 19.5. The van der Waals surface area contributed by atoms with E-state index in [1.54, 1.807) is 18.4 Å². The summed E-state index contributed by atoms with van der Waals surface area (Å²) < 4.78 is 5.34. The van der Waals surface area contributed by atoms with Crippen LogP contribution in [-0.2, 0) is 0 Å². The molecule has 0 radical (unpaired) electrons. The van der Waals surface area contributed by atoms with Gasteiger partial charge in [0.1, 0.15) is 0 Å². The smallest absolute Gasteiger partial charge is 0.289 e. The van der Waals surface area contributed by atoms with Gasteiger partial charge in [0.05, 0.1) is 12.3 Å². The minimum absolute atomic E-state index is 0.0403. The number of anilines is 1. The van der Waals surface area contributed by atoms with Crippen molar-refractivity contribution in [3.8, 4) is 0 Å². The van der Waals surface area contributed by atoms with Crippen LogP contribution in [0.25, 0.3) is 0 Å². The summed E-state index contributed by atoms with van der Waals surface area (Å²) in [6, 6.07) is 22.8. The molecule has 1 aromatic heterocycles. The lowest BCUT2D eigenvalue weighted by Gasteiger charge is -2.43. The molecular weight excluding hydrogens is 348 g/mol. The van der Waals surface area contributed by atoms with Crippen LogP contribution in [0.5, 0.6) is 0 Å². The lowest BCUT2D eigenvalue weighted by molar-refractivity contribution is 0.0690. The molecule has 28 heavy (non-hydrogen) atoms. The monoisotopic (exact) mass is 374 g/mol. The maximum atomic E-state index is 12.8. The molecule has 0 aliphatic carbocycles. The van der Waals surface area contributed by atoms with Gasteiger partial charge in [-0.15, -0.1) is 0 Å². The molecule has 1 unspecified atom stereocenters. The minimum atomic E-state index is -0.0403. The lowest BCUT2D eigenvalue weighted by Crippen LogP contribution is -2.50. The largest absolute Gasteiger partial charge is 0.459 e. The molecule has 0 saturated carbocycles. The second kappa shape index (κ2) is 7.93. The highest BCUT2D eigenvalue weighted by Gasteiger charge is 2.32. The van der Waals surface area contributed by atoms with Crippen LogP contribution in [0.4, 0.5) is 5.69 Å². The summed E-state index contributed by atoms with van der Waals surface area (Å²) in [6.45, 7) is 6.53. The molecule has 0 spiro atoms. The summed E-state index contributed by atoms with van der Waals surface area (Å²) in [7, 11) is 0. The van der Waals surface area contributed by atoms with Crippen molar-refractivity contribution in [1.29, 1.82) is 0 Å². The maximum absolute atomic E-state index is 12.8. The Bertz CT molecular complexity index is 919. The highest BCUT2D eigenvalue weighted by molar-refractivity contribution is 5.91. The fourth-order valence-electron chi connectivity index (χ4n) is 3.86. The van der Waals surface area contributed by atoms with Crippen LogP contribution in [0.1, 0.15) is 47.5 Å². The maximum Gasteiger partial charge on any atom is 0.289 e. The first-order valence-electron chi connectivity index (χ1n) is 9.88. The van der Waals surface area contributed by atoms with Crippen molar-refractivity contribution >= 4 is 11.6 Å². The van der Waals surface area contributed by atoms with Crippen LogP contribution >= 0.6 is 0 Å². The Labute approximate surface area is 166 Å². The minimum Gasteiger partial charge on any atom is -0.459 e. The van der Waals surface area contributed by atoms with Crippen LogP contribution < -0.4 is 4.90 Å². The number of benzene rings is 2. The van der Waals surface area contributed by atoms with Crippen molar-refractivity contribution in [3.63, 3.8) is 0 Å². The Morgan fingerprint density at radius 1 is 1.00 bits per heavy atom. The van der Waals surface area contributed by atoms with E-state index in [1.165, 1.54) is 16.8 Å². The van der Waals surface area contributed by atoms with E-state index < -0.39 is 0 Å². The molecule has 2 heterocycles. The fourth-order valence-corrected chi connectivity index (χ4v) is 3.86. The lowest BCUT2D eigenvalue weighted by atomic mass is 9.98. The highest BCUT2D eigenvalue weighted by atomic mass is 16.3. The Morgan fingerprint density at radius 2 is 1.82 bits per heavy atom. The number of nitrogens with zero attached hydrogens (tertiary/aromatic N) is 2. The summed E-state index contributed by atoms with van der Waals surface area (Å²) in [4.78, 5) is 17.2. The first kappa shape index (κ1) is 18.4. The van der Waals surface area contributed by atoms with Gasteiger partial charge < -0.3 is 14.2 Å². The van der Waals surface area contributed by atoms with Gasteiger partial charge in [-0.3, -0.25) is 4.79 Å². The van der Waals surface area contributed by atoms with Crippen LogP contribution in [0.3, 0.4) is 0 Å². The molecule has 1 fully saturated rings. The number of carbonyl (C=O) groups excluding carboxylic acids is 1. The van der Waals surface area contributed by atoms with E-state index in [0.717, 1.165) is 6.54 Å². The molecule has 0 N–H and O–H groups in total. The first-order valence-corrected chi connectivity index (χ1v) is 9.88. The molecule has 0 bridgehead atoms. The molecule has 4 rings (SSSR count). The van der Waals surface area contributed by atoms with Gasteiger partial charge >= 0.3 is 0 Å². The molecule has 1 aliphatic heterocycles. The van der Waals surface area contributed by atoms with Crippen LogP contribution in [0.2, 0.25) is 0 Å². The van der Waals surface area contributed by atoms with E-state index in [0.29, 0.717) is 24.8 Å². The molecule has 2 aromatic carbocycles. The van der Waals surface area contributed by atoms with Crippen molar-refractivity contribution in [2.75, 3.05) is 24.5 Å². The second-order valence-electron chi connectivity index (χ2n) is 7.60. The number of furan rings is 1. The summed E-state index contributed by atoms with van der Waals surface area (Å²) in [5.74, 6) is 0.848. The number of rotatable bonds is 4. The first-order chi connectivity index (χ1) is 13.6. The van der Waals surface area contributed by atoms with E-state index in [-0.39, 0.29) is 11.9 Å². The van der Waals surface area contributed by atoms with E-state index in [9.17, 15) is 4.79 Å². The van der Waals surface area contributed by atoms with Gasteiger partial charge in [0.15, 0.2) is 5.76 Å². The number of carbonyl (C=O) groups is 1.